The fourth-order valence-corrected chi connectivity index (χ4v) is 11.7. The van der Waals surface area contributed by atoms with Crippen molar-refractivity contribution in [3.63, 3.8) is 0 Å². The third-order valence-corrected chi connectivity index (χ3v) is 15.0. The van der Waals surface area contributed by atoms with Crippen LogP contribution in [0.1, 0.15) is 168 Å². The van der Waals surface area contributed by atoms with E-state index in [1.807, 2.05) is 97.1 Å². The van der Waals surface area contributed by atoms with Gasteiger partial charge in [0.25, 0.3) is 0 Å². The Balaban J connectivity index is 1.43. The second kappa shape index (κ2) is 21.8. The molecule has 0 aromatic heterocycles. The molecule has 8 bridgehead atoms. The number of aromatic hydroxyl groups is 8. The van der Waals surface area contributed by atoms with E-state index in [-0.39, 0.29) is 46.0 Å². The van der Waals surface area contributed by atoms with E-state index in [0.29, 0.717) is 90.4 Å². The molecule has 0 radical (unpaired) electrons. The zero-order chi connectivity index (χ0) is 54.3. The molecule has 8 aromatic rings. The highest BCUT2D eigenvalue weighted by Crippen LogP contribution is 2.54. The van der Waals surface area contributed by atoms with E-state index in [2.05, 4.69) is 55.4 Å². The second-order valence-corrected chi connectivity index (χ2v) is 23.0. The van der Waals surface area contributed by atoms with Crippen molar-refractivity contribution in [1.82, 2.24) is 0 Å². The molecule has 8 aromatic carbocycles. The van der Waals surface area contributed by atoms with Gasteiger partial charge < -0.3 is 40.9 Å². The van der Waals surface area contributed by atoms with E-state index >= 15 is 0 Å². The summed E-state index contributed by atoms with van der Waals surface area (Å²) in [6.45, 7) is 17.2. The maximum Gasteiger partial charge on any atom is 0.123 e. The molecule has 0 aliphatic heterocycles. The van der Waals surface area contributed by atoms with Gasteiger partial charge in [-0.25, -0.2) is 0 Å². The van der Waals surface area contributed by atoms with Crippen LogP contribution in [0.25, 0.3) is 0 Å². The van der Waals surface area contributed by atoms with Crippen LogP contribution >= 0.6 is 0 Å². The highest BCUT2D eigenvalue weighted by Gasteiger charge is 2.35. The van der Waals surface area contributed by atoms with E-state index in [1.165, 1.54) is 24.3 Å². The van der Waals surface area contributed by atoms with Crippen LogP contribution < -0.4 is 0 Å². The van der Waals surface area contributed by atoms with Gasteiger partial charge in [0, 0.05) is 92.4 Å². The van der Waals surface area contributed by atoms with Crippen molar-refractivity contribution in [2.45, 2.75) is 105 Å². The molecule has 8 heteroatoms. The average Bonchev–Trinajstić information content (AvgIpc) is 3.35. The van der Waals surface area contributed by atoms with Crippen LogP contribution in [0.15, 0.2) is 146 Å². The lowest BCUT2D eigenvalue weighted by atomic mass is 9.75. The van der Waals surface area contributed by atoms with E-state index in [0.717, 1.165) is 47.9 Å². The summed E-state index contributed by atoms with van der Waals surface area (Å²) in [6.07, 6.45) is 3.29. The number of benzene rings is 8. The van der Waals surface area contributed by atoms with E-state index in [9.17, 15) is 40.9 Å². The number of phenolic OH excluding ortho intramolecular Hbond substituents is 8. The first kappa shape index (κ1) is 53.0. The summed E-state index contributed by atoms with van der Waals surface area (Å²) in [7, 11) is 0. The molecular weight excluding hydrogens is 945 g/mol. The van der Waals surface area contributed by atoms with Crippen molar-refractivity contribution in [3.8, 4) is 46.0 Å². The Morgan fingerprint density at radius 1 is 0.237 bits per heavy atom. The molecular formula is C68H72O8. The van der Waals surface area contributed by atoms with Crippen LogP contribution in [0.4, 0.5) is 0 Å². The number of hydrogen-bond donors (Lipinski definition) is 8. The highest BCUT2D eigenvalue weighted by molar-refractivity contribution is 5.67. The second-order valence-electron chi connectivity index (χ2n) is 23.0. The standard InChI is InChI=1S/C68H72O8/c1-37(2)25-41-9-17-45(18-10-41)65-49-29-51(59(71)33-57(49)69)66(46-19-11-42(12-20-46)26-38(3)4)53-31-55(63(75)35-61(53)73)68(48-23-15-44(16-24-48)28-40(7)8)56-32-54(62(74)36-64(56)76)67(52-30-50(65)58(70)34-60(52)72)47-21-13-43(14-22-47)27-39(5)6/h9-24,29-40,65-76H,25-28H2,1-8H3/t65-,66+,67-,68+. The summed E-state index contributed by atoms with van der Waals surface area (Å²) in [6, 6.07) is 44.2. The molecule has 0 saturated heterocycles. The summed E-state index contributed by atoms with van der Waals surface area (Å²) < 4.78 is 0. The molecule has 0 unspecified atom stereocenters. The Morgan fingerprint density at radius 3 is 0.513 bits per heavy atom. The third-order valence-electron chi connectivity index (χ3n) is 15.0. The molecule has 0 spiro atoms. The predicted molar refractivity (Wildman–Crippen MR) is 303 cm³/mol. The molecule has 0 amide bonds. The Labute approximate surface area is 447 Å². The van der Waals surface area contributed by atoms with E-state index < -0.39 is 23.7 Å². The molecule has 392 valence electrons. The van der Waals surface area contributed by atoms with Gasteiger partial charge in [0.05, 0.1) is 0 Å². The summed E-state index contributed by atoms with van der Waals surface area (Å²) in [5.74, 6) is -4.19. The minimum Gasteiger partial charge on any atom is -0.507 e. The van der Waals surface area contributed by atoms with Gasteiger partial charge in [0.2, 0.25) is 0 Å². The van der Waals surface area contributed by atoms with Crippen molar-refractivity contribution in [2.24, 2.45) is 23.7 Å². The number of hydrogen-bond acceptors (Lipinski definition) is 8. The molecule has 9 rings (SSSR count). The maximum atomic E-state index is 12.3. The van der Waals surface area contributed by atoms with E-state index in [4.69, 9.17) is 0 Å². The van der Waals surface area contributed by atoms with Crippen molar-refractivity contribution in [3.05, 3.63) is 235 Å². The van der Waals surface area contributed by atoms with Crippen LogP contribution in [0.2, 0.25) is 0 Å². The first-order chi connectivity index (χ1) is 36.2. The van der Waals surface area contributed by atoms with Crippen molar-refractivity contribution in [2.75, 3.05) is 0 Å². The quantitative estimate of drug-likeness (QED) is 0.0600. The zero-order valence-electron chi connectivity index (χ0n) is 44.9. The first-order valence-electron chi connectivity index (χ1n) is 26.8. The lowest BCUT2D eigenvalue weighted by Crippen LogP contribution is -2.13. The summed E-state index contributed by atoms with van der Waals surface area (Å²) in [5.41, 5.74) is 9.80. The van der Waals surface area contributed by atoms with Crippen LogP contribution in [0.5, 0.6) is 46.0 Å². The Kier molecular flexibility index (Phi) is 15.2. The molecule has 0 fully saturated rings. The molecule has 8 N–H and O–H groups in total. The Bertz CT molecular complexity index is 2800. The molecule has 8 nitrogen and oxygen atoms in total. The lowest BCUT2D eigenvalue weighted by molar-refractivity contribution is 0.431. The maximum absolute atomic E-state index is 12.3. The molecule has 1 aliphatic rings. The molecule has 1 aliphatic carbocycles. The Hall–Kier alpha value is -7.84. The van der Waals surface area contributed by atoms with Gasteiger partial charge in [0.1, 0.15) is 46.0 Å². The molecule has 76 heavy (non-hydrogen) atoms. The monoisotopic (exact) mass is 1020 g/mol. The van der Waals surface area contributed by atoms with Gasteiger partial charge >= 0.3 is 0 Å². The number of fused-ring (bicyclic) bond motifs is 8. The largest absolute Gasteiger partial charge is 0.507 e. The van der Waals surface area contributed by atoms with Crippen LogP contribution in [-0.4, -0.2) is 40.9 Å². The normalized spacial score (nSPS) is 16.5. The smallest absolute Gasteiger partial charge is 0.123 e. The summed E-state index contributed by atoms with van der Waals surface area (Å²) in [5, 5.41) is 98.4. The van der Waals surface area contributed by atoms with Gasteiger partial charge in [-0.05, 0) is 118 Å². The SMILES string of the molecule is CC(C)Cc1ccc([C@H]2c3cc(c(O)cc3O)[C@@H](c3ccc(CC(C)C)cc3)c3cc(c(O)cc3O)[C@@H](c3ccc(CC(C)C)cc3)c3cc(c(O)cc3O)[C@@H](c3ccc(CC(C)C)cc3)c3cc2c(O)cc3O)cc1. The summed E-state index contributed by atoms with van der Waals surface area (Å²) in [4.78, 5) is 0. The fraction of sp³-hybridized carbons (Fsp3) is 0.294. The molecule has 0 atom stereocenters. The van der Waals surface area contributed by atoms with Gasteiger partial charge in [-0.1, -0.05) is 152 Å². The molecule has 0 saturated carbocycles. The predicted octanol–water partition coefficient (Wildman–Crippen LogP) is 15.2. The third kappa shape index (κ3) is 11.0. The topological polar surface area (TPSA) is 162 Å². The van der Waals surface area contributed by atoms with Crippen molar-refractivity contribution >= 4 is 0 Å². The minimum atomic E-state index is -0.918. The summed E-state index contributed by atoms with van der Waals surface area (Å²) >= 11 is 0. The first-order valence-corrected chi connectivity index (χ1v) is 26.8. The number of phenols is 8. The van der Waals surface area contributed by atoms with Crippen LogP contribution in [0, 0.1) is 23.7 Å². The lowest BCUT2D eigenvalue weighted by Gasteiger charge is -2.30. The zero-order valence-corrected chi connectivity index (χ0v) is 44.9. The van der Waals surface area contributed by atoms with Crippen molar-refractivity contribution < 1.29 is 40.9 Å². The molecule has 0 heterocycles. The average molecular weight is 1020 g/mol. The highest BCUT2D eigenvalue weighted by atomic mass is 16.3. The Morgan fingerprint density at radius 2 is 0.382 bits per heavy atom. The number of rotatable bonds is 12. The van der Waals surface area contributed by atoms with E-state index in [1.54, 1.807) is 24.3 Å². The van der Waals surface area contributed by atoms with Gasteiger partial charge in [-0.3, -0.25) is 0 Å². The minimum absolute atomic E-state index is 0.256. The van der Waals surface area contributed by atoms with Crippen LogP contribution in [0.3, 0.4) is 0 Å². The van der Waals surface area contributed by atoms with Gasteiger partial charge in [0.15, 0.2) is 0 Å². The van der Waals surface area contributed by atoms with Gasteiger partial charge in [-0.2, -0.15) is 0 Å². The fourth-order valence-electron chi connectivity index (χ4n) is 11.7. The van der Waals surface area contributed by atoms with Crippen LogP contribution in [-0.2, 0) is 25.7 Å². The van der Waals surface area contributed by atoms with Crippen molar-refractivity contribution in [1.29, 1.82) is 0 Å². The van der Waals surface area contributed by atoms with Gasteiger partial charge in [-0.15, -0.1) is 0 Å².